The normalized spacial score (nSPS) is 16.7. The van der Waals surface area contributed by atoms with E-state index in [1.54, 1.807) is 22.7 Å². The van der Waals surface area contributed by atoms with E-state index in [2.05, 4.69) is 124 Å². The van der Waals surface area contributed by atoms with Gasteiger partial charge in [-0.15, -0.1) is 22.7 Å². The van der Waals surface area contributed by atoms with Gasteiger partial charge in [-0.25, -0.2) is 0 Å². The van der Waals surface area contributed by atoms with Gasteiger partial charge in [0, 0.05) is 13.1 Å². The van der Waals surface area contributed by atoms with Gasteiger partial charge in [-0.05, 0) is 173 Å². The van der Waals surface area contributed by atoms with Crippen LogP contribution in [0.1, 0.15) is 22.6 Å². The smallest absolute Gasteiger partial charge is 0.314 e. The molecule has 0 saturated heterocycles. The van der Waals surface area contributed by atoms with Gasteiger partial charge in [-0.3, -0.25) is 9.59 Å². The van der Waals surface area contributed by atoms with Crippen LogP contribution in [0.4, 0.5) is 0 Å². The molecule has 0 fully saturated rings. The standard InChI is InChI=1S/C34H58Br2N2O6S2Si6/c1-47(2,3)41-51(13,42-48(4,5)6)23-15-21-37-31(25-17-19-27(35)45-25)29-30(33(37)39)32(26-18-20-28(36)46-26)38(34(29)40)22-16-24-52(14,43-49(7,8)9)44-50(10,11)12/h17-20H,15-16,21-24H2,1-14H3. The van der Waals surface area contributed by atoms with E-state index >= 15 is 0 Å². The predicted octanol–water partition coefficient (Wildman–Crippen LogP) is 11.5. The number of fused-ring (bicyclic) bond motifs is 1. The SMILES string of the molecule is C[Si](C)(C)O[Si](C)(CCCN1C(=O)C2=C(c3ccc(Br)s3)N(CCC[Si](C)(O[Si](C)(C)C)O[Si](C)(C)C)C(=O)C2=C1c1ccc(Br)s1)O[Si](C)(C)C. The highest BCUT2D eigenvalue weighted by molar-refractivity contribution is 9.11. The van der Waals surface area contributed by atoms with Gasteiger partial charge in [0.25, 0.3) is 11.8 Å². The highest BCUT2D eigenvalue weighted by atomic mass is 79.9. The molecule has 18 heteroatoms. The van der Waals surface area contributed by atoms with E-state index < -0.39 is 50.4 Å². The van der Waals surface area contributed by atoms with Crippen molar-refractivity contribution in [3.8, 4) is 0 Å². The molecule has 0 aliphatic carbocycles. The largest absolute Gasteiger partial charge is 0.437 e. The van der Waals surface area contributed by atoms with Crippen LogP contribution >= 0.6 is 54.5 Å². The van der Waals surface area contributed by atoms with Crippen molar-refractivity contribution in [2.75, 3.05) is 13.1 Å². The number of carbonyl (C=O) groups is 2. The van der Waals surface area contributed by atoms with E-state index in [0.717, 1.165) is 42.3 Å². The van der Waals surface area contributed by atoms with Crippen LogP contribution in [0.15, 0.2) is 43.0 Å². The summed E-state index contributed by atoms with van der Waals surface area (Å²) in [6, 6.07) is 9.54. The molecule has 2 aromatic rings. The van der Waals surface area contributed by atoms with Crippen LogP contribution in [-0.4, -0.2) is 85.1 Å². The van der Waals surface area contributed by atoms with E-state index in [0.29, 0.717) is 35.6 Å². The van der Waals surface area contributed by atoms with Crippen LogP contribution in [0, 0.1) is 0 Å². The van der Waals surface area contributed by atoms with Gasteiger partial charge >= 0.3 is 17.1 Å². The van der Waals surface area contributed by atoms with Crippen molar-refractivity contribution in [2.45, 2.75) is 117 Å². The van der Waals surface area contributed by atoms with E-state index in [9.17, 15) is 9.59 Å². The molecule has 2 aliphatic rings. The fourth-order valence-corrected chi connectivity index (χ4v) is 35.1. The second-order valence-corrected chi connectivity index (χ2v) is 48.5. The maximum Gasteiger partial charge on any atom is 0.314 e. The maximum absolute atomic E-state index is 14.8. The van der Waals surface area contributed by atoms with Crippen molar-refractivity contribution in [1.29, 1.82) is 0 Å². The van der Waals surface area contributed by atoms with E-state index in [-0.39, 0.29) is 11.8 Å². The van der Waals surface area contributed by atoms with Crippen LogP contribution in [0.2, 0.25) is 104 Å². The van der Waals surface area contributed by atoms with Crippen LogP contribution in [-0.2, 0) is 26.0 Å². The van der Waals surface area contributed by atoms with Crippen LogP contribution in [0.25, 0.3) is 11.4 Å². The minimum atomic E-state index is -2.53. The Hall–Kier alpha value is -0.0787. The molecule has 0 atom stereocenters. The summed E-state index contributed by atoms with van der Waals surface area (Å²) in [6.45, 7) is 31.9. The summed E-state index contributed by atoms with van der Waals surface area (Å²) >= 11 is 10.4. The summed E-state index contributed by atoms with van der Waals surface area (Å²) in [4.78, 5) is 35.1. The third-order valence-corrected chi connectivity index (χ3v) is 30.4. The fraction of sp³-hybridized carbons (Fsp3) is 0.588. The minimum absolute atomic E-state index is 0.117. The Morgan fingerprint density at radius 1 is 0.519 bits per heavy atom. The maximum atomic E-state index is 14.8. The average molecular weight is 983 g/mol. The molecule has 0 spiro atoms. The average Bonchev–Trinajstić information content (AvgIpc) is 3.66. The zero-order chi connectivity index (χ0) is 39.2. The van der Waals surface area contributed by atoms with E-state index in [1.165, 1.54) is 0 Å². The summed E-state index contributed by atoms with van der Waals surface area (Å²) in [5.74, 6) is -0.234. The van der Waals surface area contributed by atoms with Crippen molar-refractivity contribution in [3.63, 3.8) is 0 Å². The molecule has 4 rings (SSSR count). The molecule has 4 heterocycles. The van der Waals surface area contributed by atoms with Gasteiger partial charge in [0.1, 0.15) is 0 Å². The van der Waals surface area contributed by atoms with E-state index in [1.807, 2.05) is 34.1 Å². The first kappa shape index (κ1) is 44.6. The van der Waals surface area contributed by atoms with Gasteiger partial charge in [-0.1, -0.05) is 0 Å². The molecule has 2 aromatic heterocycles. The molecular weight excluding hydrogens is 925 g/mol. The molecule has 0 aromatic carbocycles. The Morgan fingerprint density at radius 3 is 1.04 bits per heavy atom. The number of halogens is 2. The van der Waals surface area contributed by atoms with Gasteiger partial charge in [-0.2, -0.15) is 0 Å². The summed E-state index contributed by atoms with van der Waals surface area (Å²) < 4.78 is 29.1. The van der Waals surface area contributed by atoms with Crippen molar-refractivity contribution in [1.82, 2.24) is 9.80 Å². The lowest BCUT2D eigenvalue weighted by molar-refractivity contribution is -0.124. The van der Waals surface area contributed by atoms with Crippen LogP contribution in [0.5, 0.6) is 0 Å². The molecule has 52 heavy (non-hydrogen) atoms. The number of carbonyl (C=O) groups excluding carboxylic acids is 2. The second kappa shape index (κ2) is 16.4. The third-order valence-electron chi connectivity index (χ3n) is 7.91. The predicted molar refractivity (Wildman–Crippen MR) is 241 cm³/mol. The topological polar surface area (TPSA) is 77.5 Å². The number of rotatable bonds is 18. The highest BCUT2D eigenvalue weighted by Gasteiger charge is 2.50. The van der Waals surface area contributed by atoms with Gasteiger partial charge in [0.15, 0.2) is 33.3 Å². The zero-order valence-corrected chi connectivity index (χ0v) is 44.3. The minimum Gasteiger partial charge on any atom is -0.437 e. The van der Waals surface area contributed by atoms with Crippen molar-refractivity contribution < 1.29 is 26.0 Å². The summed E-state index contributed by atoms with van der Waals surface area (Å²) in [5.41, 5.74) is 2.43. The number of nitrogens with zero attached hydrogens (tertiary/aromatic N) is 2. The molecule has 2 aliphatic heterocycles. The first-order chi connectivity index (χ1) is 23.6. The fourth-order valence-electron chi connectivity index (χ4n) is 7.17. The van der Waals surface area contributed by atoms with Gasteiger partial charge in [0.05, 0.1) is 39.9 Å². The zero-order valence-electron chi connectivity index (χ0n) is 33.5. The molecule has 8 nitrogen and oxygen atoms in total. The van der Waals surface area contributed by atoms with E-state index in [4.69, 9.17) is 16.5 Å². The Balaban J connectivity index is 1.72. The number of amides is 2. The van der Waals surface area contributed by atoms with Crippen molar-refractivity contribution in [3.05, 3.63) is 52.7 Å². The number of hydrogen-bond acceptors (Lipinski definition) is 8. The third kappa shape index (κ3) is 12.0. The Morgan fingerprint density at radius 2 is 0.808 bits per heavy atom. The molecule has 0 unspecified atom stereocenters. The quantitative estimate of drug-likeness (QED) is 0.139. The second-order valence-electron chi connectivity index (χ2n) is 17.9. The molecule has 0 bridgehead atoms. The number of thiophene rings is 2. The highest BCUT2D eigenvalue weighted by Crippen LogP contribution is 2.49. The molecule has 0 saturated carbocycles. The first-order valence-corrected chi connectivity index (χ1v) is 39.9. The first-order valence-electron chi connectivity index (χ1n) is 18.0. The molecule has 290 valence electrons. The summed E-state index contributed by atoms with van der Waals surface area (Å²) in [6.07, 6.45) is 1.43. The number of hydrogen-bond donors (Lipinski definition) is 0. The summed E-state index contributed by atoms with van der Waals surface area (Å²) in [5, 5.41) is 0. The lowest BCUT2D eigenvalue weighted by Crippen LogP contribution is -2.52. The monoisotopic (exact) mass is 980 g/mol. The van der Waals surface area contributed by atoms with Crippen molar-refractivity contribution >= 4 is 128 Å². The lowest BCUT2D eigenvalue weighted by atomic mass is 10.1. The molecule has 2 amide bonds. The molecular formula is C34H58Br2N2O6S2Si6. The van der Waals surface area contributed by atoms with Crippen LogP contribution in [0.3, 0.4) is 0 Å². The van der Waals surface area contributed by atoms with Crippen molar-refractivity contribution in [2.24, 2.45) is 0 Å². The Bertz CT molecular complexity index is 1560. The Kier molecular flexibility index (Phi) is 14.1. The van der Waals surface area contributed by atoms with Gasteiger partial charge in [0.2, 0.25) is 0 Å². The molecule has 0 N–H and O–H groups in total. The molecule has 0 radical (unpaired) electrons. The lowest BCUT2D eigenvalue weighted by Gasteiger charge is -2.39. The van der Waals surface area contributed by atoms with Gasteiger partial charge < -0.3 is 26.3 Å². The summed E-state index contributed by atoms with van der Waals surface area (Å²) in [7, 11) is -12.6. The van der Waals surface area contributed by atoms with Crippen LogP contribution < -0.4 is 0 Å². The Labute approximate surface area is 343 Å².